The second-order valence-electron chi connectivity index (χ2n) is 4.02. The third-order valence-corrected chi connectivity index (χ3v) is 4.08. The zero-order valence-electron chi connectivity index (χ0n) is 9.45. The fourth-order valence-electron chi connectivity index (χ4n) is 1.94. The van der Waals surface area contributed by atoms with Gasteiger partial charge in [0.05, 0.1) is 11.7 Å². The number of benzene rings is 1. The van der Waals surface area contributed by atoms with Gasteiger partial charge in [-0.15, -0.1) is 0 Å². The second-order valence-corrected chi connectivity index (χ2v) is 5.79. The summed E-state index contributed by atoms with van der Waals surface area (Å²) in [6.45, 7) is 1.44. The zero-order chi connectivity index (χ0) is 12.4. The first-order valence-corrected chi connectivity index (χ1v) is 6.97. The van der Waals surface area contributed by atoms with Gasteiger partial charge in [-0.05, 0) is 40.5 Å². The van der Waals surface area contributed by atoms with Crippen LogP contribution >= 0.6 is 31.9 Å². The predicted octanol–water partition coefficient (Wildman–Crippen LogP) is 3.07. The van der Waals surface area contributed by atoms with Crippen molar-refractivity contribution in [2.75, 3.05) is 20.2 Å². The second kappa shape index (κ2) is 5.50. The average Bonchev–Trinajstić information content (AvgIpc) is 2.76. The normalized spacial score (nSPS) is 19.7. The maximum atomic E-state index is 12.3. The van der Waals surface area contributed by atoms with E-state index in [4.69, 9.17) is 4.74 Å². The molecule has 0 N–H and O–H groups in total. The summed E-state index contributed by atoms with van der Waals surface area (Å²) in [7, 11) is 1.69. The van der Waals surface area contributed by atoms with E-state index >= 15 is 0 Å². The van der Waals surface area contributed by atoms with Crippen LogP contribution in [0.4, 0.5) is 0 Å². The van der Waals surface area contributed by atoms with E-state index in [2.05, 4.69) is 31.9 Å². The maximum absolute atomic E-state index is 12.3. The third kappa shape index (κ3) is 2.89. The van der Waals surface area contributed by atoms with Crippen LogP contribution in [0.5, 0.6) is 0 Å². The van der Waals surface area contributed by atoms with Gasteiger partial charge in [0.15, 0.2) is 0 Å². The molecule has 1 heterocycles. The summed E-state index contributed by atoms with van der Waals surface area (Å²) in [4.78, 5) is 14.1. The van der Waals surface area contributed by atoms with Crippen LogP contribution in [0.15, 0.2) is 27.1 Å². The van der Waals surface area contributed by atoms with Crippen molar-refractivity contribution in [1.29, 1.82) is 0 Å². The van der Waals surface area contributed by atoms with Crippen LogP contribution < -0.4 is 0 Å². The zero-order valence-corrected chi connectivity index (χ0v) is 12.6. The number of hydrogen-bond acceptors (Lipinski definition) is 2. The average molecular weight is 363 g/mol. The van der Waals surface area contributed by atoms with Crippen molar-refractivity contribution in [2.24, 2.45) is 0 Å². The number of likely N-dealkylation sites (tertiary alicyclic amines) is 1. The minimum atomic E-state index is 0.0592. The molecule has 1 aromatic carbocycles. The predicted molar refractivity (Wildman–Crippen MR) is 73.2 cm³/mol. The molecular formula is C12H13Br2NO2. The van der Waals surface area contributed by atoms with Gasteiger partial charge < -0.3 is 9.64 Å². The van der Waals surface area contributed by atoms with Gasteiger partial charge in [-0.3, -0.25) is 4.79 Å². The molecule has 1 fully saturated rings. The minimum absolute atomic E-state index is 0.0592. The largest absolute Gasteiger partial charge is 0.380 e. The first-order chi connectivity index (χ1) is 8.11. The van der Waals surface area contributed by atoms with E-state index in [9.17, 15) is 4.79 Å². The molecule has 92 valence electrons. The molecule has 1 amide bonds. The molecule has 2 rings (SSSR count). The maximum Gasteiger partial charge on any atom is 0.255 e. The van der Waals surface area contributed by atoms with Crippen molar-refractivity contribution >= 4 is 37.8 Å². The molecule has 0 saturated carbocycles. The Balaban J connectivity index is 2.15. The molecule has 0 spiro atoms. The van der Waals surface area contributed by atoms with E-state index in [1.807, 2.05) is 23.1 Å². The molecule has 5 heteroatoms. The lowest BCUT2D eigenvalue weighted by atomic mass is 10.2. The highest BCUT2D eigenvalue weighted by Gasteiger charge is 2.27. The topological polar surface area (TPSA) is 29.5 Å². The van der Waals surface area contributed by atoms with Gasteiger partial charge in [0.25, 0.3) is 5.91 Å². The first kappa shape index (κ1) is 13.1. The van der Waals surface area contributed by atoms with Gasteiger partial charge in [-0.2, -0.15) is 0 Å². The molecule has 0 aliphatic carbocycles. The van der Waals surface area contributed by atoms with Crippen LogP contribution in [0, 0.1) is 0 Å². The molecule has 0 bridgehead atoms. The van der Waals surface area contributed by atoms with Crippen molar-refractivity contribution in [3.8, 4) is 0 Å². The van der Waals surface area contributed by atoms with Crippen LogP contribution in [0.25, 0.3) is 0 Å². The van der Waals surface area contributed by atoms with Crippen LogP contribution in [0.2, 0.25) is 0 Å². The van der Waals surface area contributed by atoms with Gasteiger partial charge in [0, 0.05) is 29.1 Å². The quantitative estimate of drug-likeness (QED) is 0.809. The Morgan fingerprint density at radius 2 is 2.24 bits per heavy atom. The van der Waals surface area contributed by atoms with Crippen molar-refractivity contribution < 1.29 is 9.53 Å². The molecule has 1 saturated heterocycles. The number of hydrogen-bond donors (Lipinski definition) is 0. The molecule has 1 unspecified atom stereocenters. The van der Waals surface area contributed by atoms with Crippen molar-refractivity contribution in [3.05, 3.63) is 32.7 Å². The summed E-state index contributed by atoms with van der Waals surface area (Å²) in [6.07, 6.45) is 1.09. The summed E-state index contributed by atoms with van der Waals surface area (Å²) in [5.41, 5.74) is 0.699. The fraction of sp³-hybridized carbons (Fsp3) is 0.417. The molecule has 1 aliphatic heterocycles. The molecule has 0 radical (unpaired) electrons. The van der Waals surface area contributed by atoms with Crippen molar-refractivity contribution in [1.82, 2.24) is 4.90 Å². The molecule has 1 atom stereocenters. The SMILES string of the molecule is COC1CCN(C(=O)c2ccc(Br)cc2Br)C1. The number of rotatable bonds is 2. The number of carbonyl (C=O) groups excluding carboxylic acids is 1. The van der Waals surface area contributed by atoms with E-state index < -0.39 is 0 Å². The number of carbonyl (C=O) groups is 1. The number of amides is 1. The monoisotopic (exact) mass is 361 g/mol. The highest BCUT2D eigenvalue weighted by Crippen LogP contribution is 2.24. The van der Waals surface area contributed by atoms with Gasteiger partial charge in [0.1, 0.15) is 0 Å². The number of halogens is 2. The molecule has 3 nitrogen and oxygen atoms in total. The van der Waals surface area contributed by atoms with E-state index in [1.54, 1.807) is 7.11 Å². The van der Waals surface area contributed by atoms with Crippen molar-refractivity contribution in [2.45, 2.75) is 12.5 Å². The summed E-state index contributed by atoms with van der Waals surface area (Å²) >= 11 is 6.79. The Hall–Kier alpha value is -0.390. The highest BCUT2D eigenvalue weighted by molar-refractivity contribution is 9.11. The van der Waals surface area contributed by atoms with Crippen LogP contribution in [0.1, 0.15) is 16.8 Å². The van der Waals surface area contributed by atoms with Crippen LogP contribution in [-0.2, 0) is 4.74 Å². The Labute approximate surface area is 117 Å². The highest BCUT2D eigenvalue weighted by atomic mass is 79.9. The lowest BCUT2D eigenvalue weighted by molar-refractivity contribution is 0.0723. The number of methoxy groups -OCH3 is 1. The molecule has 1 aromatic rings. The summed E-state index contributed by atoms with van der Waals surface area (Å²) in [6, 6.07) is 5.59. The molecule has 0 aromatic heterocycles. The van der Waals surface area contributed by atoms with E-state index in [1.165, 1.54) is 0 Å². The summed E-state index contributed by atoms with van der Waals surface area (Å²) < 4.78 is 7.04. The van der Waals surface area contributed by atoms with Gasteiger partial charge >= 0.3 is 0 Å². The Bertz CT molecular complexity index is 437. The number of ether oxygens (including phenoxy) is 1. The molecule has 17 heavy (non-hydrogen) atoms. The standard InChI is InChI=1S/C12H13Br2NO2/c1-17-9-4-5-15(7-9)12(16)10-3-2-8(13)6-11(10)14/h2-3,6,9H,4-5,7H2,1H3. The third-order valence-electron chi connectivity index (χ3n) is 2.93. The van der Waals surface area contributed by atoms with Crippen molar-refractivity contribution in [3.63, 3.8) is 0 Å². The first-order valence-electron chi connectivity index (χ1n) is 5.39. The fourth-order valence-corrected chi connectivity index (χ4v) is 3.15. The van der Waals surface area contributed by atoms with Gasteiger partial charge in [-0.1, -0.05) is 15.9 Å². The molecular weight excluding hydrogens is 350 g/mol. The minimum Gasteiger partial charge on any atom is -0.380 e. The van der Waals surface area contributed by atoms with Crippen LogP contribution in [-0.4, -0.2) is 37.1 Å². The van der Waals surface area contributed by atoms with E-state index in [-0.39, 0.29) is 12.0 Å². The smallest absolute Gasteiger partial charge is 0.255 e. The lowest BCUT2D eigenvalue weighted by Crippen LogP contribution is -2.30. The Morgan fingerprint density at radius 3 is 2.82 bits per heavy atom. The van der Waals surface area contributed by atoms with Crippen LogP contribution in [0.3, 0.4) is 0 Å². The Kier molecular flexibility index (Phi) is 4.22. The van der Waals surface area contributed by atoms with E-state index in [0.717, 1.165) is 21.9 Å². The summed E-state index contributed by atoms with van der Waals surface area (Å²) in [5.74, 6) is 0.0592. The van der Waals surface area contributed by atoms with E-state index in [0.29, 0.717) is 12.1 Å². The summed E-state index contributed by atoms with van der Waals surface area (Å²) in [5, 5.41) is 0. The lowest BCUT2D eigenvalue weighted by Gasteiger charge is -2.17. The van der Waals surface area contributed by atoms with Gasteiger partial charge in [0.2, 0.25) is 0 Å². The number of nitrogens with zero attached hydrogens (tertiary/aromatic N) is 1. The van der Waals surface area contributed by atoms with Gasteiger partial charge in [-0.25, -0.2) is 0 Å². The Morgan fingerprint density at radius 1 is 1.47 bits per heavy atom. The molecule has 1 aliphatic rings.